The van der Waals surface area contributed by atoms with E-state index >= 15 is 0 Å². The van der Waals surface area contributed by atoms with Crippen LogP contribution in [0.25, 0.3) is 0 Å². The largest absolute Gasteiger partial charge is 0.390 e. The third-order valence-corrected chi connectivity index (χ3v) is 3.19. The van der Waals surface area contributed by atoms with Crippen molar-refractivity contribution in [2.24, 2.45) is 0 Å². The van der Waals surface area contributed by atoms with Crippen LogP contribution in [0.3, 0.4) is 0 Å². The standard InChI is InChI=1S/C12H14ClFO2/c1-16-7-9-10(13)4-8(5-11(9)14)6-12(15)2-3-12/h4-5,15H,2-3,6-7H2,1H3. The zero-order valence-corrected chi connectivity index (χ0v) is 9.85. The van der Waals surface area contributed by atoms with Crippen LogP contribution < -0.4 is 0 Å². The molecule has 0 aromatic heterocycles. The van der Waals surface area contributed by atoms with Gasteiger partial charge < -0.3 is 9.84 Å². The van der Waals surface area contributed by atoms with E-state index in [0.717, 1.165) is 18.4 Å². The van der Waals surface area contributed by atoms with E-state index < -0.39 is 5.60 Å². The van der Waals surface area contributed by atoms with E-state index in [9.17, 15) is 9.50 Å². The molecule has 0 aliphatic heterocycles. The Labute approximate surface area is 99.0 Å². The third kappa shape index (κ3) is 2.54. The van der Waals surface area contributed by atoms with Crippen LogP contribution in [0.15, 0.2) is 12.1 Å². The van der Waals surface area contributed by atoms with Gasteiger partial charge in [-0.15, -0.1) is 0 Å². The summed E-state index contributed by atoms with van der Waals surface area (Å²) < 4.78 is 18.5. The van der Waals surface area contributed by atoms with Gasteiger partial charge in [0.2, 0.25) is 0 Å². The van der Waals surface area contributed by atoms with Crippen LogP contribution in [-0.4, -0.2) is 17.8 Å². The monoisotopic (exact) mass is 244 g/mol. The average molecular weight is 245 g/mol. The van der Waals surface area contributed by atoms with Crippen LogP contribution in [0.5, 0.6) is 0 Å². The summed E-state index contributed by atoms with van der Waals surface area (Å²) in [5.74, 6) is -0.367. The number of aliphatic hydroxyl groups is 1. The highest BCUT2D eigenvalue weighted by Crippen LogP contribution is 2.39. The molecule has 1 aromatic rings. The maximum absolute atomic E-state index is 13.6. The first-order valence-corrected chi connectivity index (χ1v) is 5.60. The van der Waals surface area contributed by atoms with Crippen LogP contribution in [0.2, 0.25) is 5.02 Å². The number of methoxy groups -OCH3 is 1. The van der Waals surface area contributed by atoms with Crippen molar-refractivity contribution in [1.29, 1.82) is 0 Å². The summed E-state index contributed by atoms with van der Waals surface area (Å²) in [6.45, 7) is 0.162. The molecule has 2 rings (SSSR count). The summed E-state index contributed by atoms with van der Waals surface area (Å²) in [5, 5.41) is 10.1. The minimum absolute atomic E-state index is 0.162. The summed E-state index contributed by atoms with van der Waals surface area (Å²) in [5.41, 5.74) is 0.483. The van der Waals surface area contributed by atoms with Gasteiger partial charge in [0.05, 0.1) is 12.2 Å². The van der Waals surface area contributed by atoms with Crippen molar-refractivity contribution in [2.45, 2.75) is 31.5 Å². The normalized spacial score (nSPS) is 17.5. The van der Waals surface area contributed by atoms with Crippen molar-refractivity contribution >= 4 is 11.6 Å². The highest BCUT2D eigenvalue weighted by Gasteiger charge is 2.40. The van der Waals surface area contributed by atoms with Gasteiger partial charge in [0.1, 0.15) is 5.82 Å². The predicted molar refractivity (Wildman–Crippen MR) is 60.0 cm³/mol. The second-order valence-corrected chi connectivity index (χ2v) is 4.78. The molecule has 1 N–H and O–H groups in total. The topological polar surface area (TPSA) is 29.5 Å². The quantitative estimate of drug-likeness (QED) is 0.883. The molecule has 0 heterocycles. The second-order valence-electron chi connectivity index (χ2n) is 4.37. The number of hydrogen-bond donors (Lipinski definition) is 1. The van der Waals surface area contributed by atoms with Crippen molar-refractivity contribution in [3.8, 4) is 0 Å². The molecule has 0 bridgehead atoms. The van der Waals surface area contributed by atoms with E-state index in [-0.39, 0.29) is 12.4 Å². The Hall–Kier alpha value is -0.640. The Bertz CT molecular complexity index is 379. The van der Waals surface area contributed by atoms with E-state index in [1.54, 1.807) is 6.07 Å². The molecule has 0 spiro atoms. The Balaban J connectivity index is 2.22. The predicted octanol–water partition coefficient (Wildman–Crippen LogP) is 2.69. The Kier molecular flexibility index (Phi) is 3.19. The zero-order valence-electron chi connectivity index (χ0n) is 9.09. The van der Waals surface area contributed by atoms with E-state index in [0.29, 0.717) is 17.0 Å². The lowest BCUT2D eigenvalue weighted by Gasteiger charge is -2.11. The lowest BCUT2D eigenvalue weighted by atomic mass is 10.0. The second kappa shape index (κ2) is 4.32. The molecular formula is C12H14ClFO2. The minimum atomic E-state index is -0.626. The highest BCUT2D eigenvalue weighted by atomic mass is 35.5. The summed E-state index contributed by atoms with van der Waals surface area (Å²) >= 11 is 5.96. The third-order valence-electron chi connectivity index (χ3n) is 2.85. The van der Waals surface area contributed by atoms with Gasteiger partial charge in [-0.05, 0) is 30.5 Å². The van der Waals surface area contributed by atoms with E-state index in [4.69, 9.17) is 16.3 Å². The van der Waals surface area contributed by atoms with E-state index in [2.05, 4.69) is 0 Å². The number of halogens is 2. The number of rotatable bonds is 4. The summed E-state index contributed by atoms with van der Waals surface area (Å²) in [6.07, 6.45) is 2.04. The molecular weight excluding hydrogens is 231 g/mol. The van der Waals surface area contributed by atoms with Crippen molar-refractivity contribution in [2.75, 3.05) is 7.11 Å². The average Bonchev–Trinajstić information content (AvgIpc) is 2.90. The maximum atomic E-state index is 13.6. The van der Waals surface area contributed by atoms with Crippen LogP contribution in [0, 0.1) is 5.82 Å². The molecule has 4 heteroatoms. The van der Waals surface area contributed by atoms with Crippen molar-refractivity contribution in [3.63, 3.8) is 0 Å². The van der Waals surface area contributed by atoms with Crippen LogP contribution in [0.1, 0.15) is 24.0 Å². The lowest BCUT2D eigenvalue weighted by Crippen LogP contribution is -2.11. The molecule has 1 fully saturated rings. The lowest BCUT2D eigenvalue weighted by molar-refractivity contribution is 0.151. The molecule has 0 atom stereocenters. The molecule has 0 amide bonds. The van der Waals surface area contributed by atoms with Crippen LogP contribution in [-0.2, 0) is 17.8 Å². The van der Waals surface area contributed by atoms with Crippen molar-refractivity contribution in [1.82, 2.24) is 0 Å². The van der Waals surface area contributed by atoms with Crippen LogP contribution >= 0.6 is 11.6 Å². The van der Waals surface area contributed by atoms with Gasteiger partial charge in [-0.3, -0.25) is 0 Å². The van der Waals surface area contributed by atoms with Crippen molar-refractivity contribution < 1.29 is 14.2 Å². The van der Waals surface area contributed by atoms with Gasteiger partial charge >= 0.3 is 0 Å². The number of ether oxygens (including phenoxy) is 1. The van der Waals surface area contributed by atoms with Gasteiger partial charge in [0, 0.05) is 24.1 Å². The van der Waals surface area contributed by atoms with Gasteiger partial charge in [-0.2, -0.15) is 0 Å². The fraction of sp³-hybridized carbons (Fsp3) is 0.500. The molecule has 2 nitrogen and oxygen atoms in total. The molecule has 1 saturated carbocycles. The maximum Gasteiger partial charge on any atom is 0.130 e. The summed E-state index contributed by atoms with van der Waals surface area (Å²) in [4.78, 5) is 0. The zero-order chi connectivity index (χ0) is 11.8. The molecule has 0 unspecified atom stereocenters. The Morgan fingerprint density at radius 2 is 2.19 bits per heavy atom. The number of benzene rings is 1. The fourth-order valence-electron chi connectivity index (χ4n) is 1.74. The van der Waals surface area contributed by atoms with E-state index in [1.807, 2.05) is 0 Å². The Morgan fingerprint density at radius 3 is 2.69 bits per heavy atom. The first-order valence-electron chi connectivity index (χ1n) is 5.22. The molecule has 0 radical (unpaired) electrons. The van der Waals surface area contributed by atoms with Gasteiger partial charge in [0.25, 0.3) is 0 Å². The summed E-state index contributed by atoms with van der Waals surface area (Å²) in [7, 11) is 1.50. The first-order chi connectivity index (χ1) is 7.54. The SMILES string of the molecule is COCc1c(F)cc(CC2(O)CC2)cc1Cl. The number of hydrogen-bond acceptors (Lipinski definition) is 2. The molecule has 88 valence electrons. The molecule has 0 saturated heterocycles. The minimum Gasteiger partial charge on any atom is -0.390 e. The van der Waals surface area contributed by atoms with Crippen molar-refractivity contribution in [3.05, 3.63) is 34.1 Å². The Morgan fingerprint density at radius 1 is 1.50 bits per heavy atom. The van der Waals surface area contributed by atoms with E-state index in [1.165, 1.54) is 13.2 Å². The molecule has 1 aliphatic carbocycles. The molecule has 1 aliphatic rings. The molecule has 16 heavy (non-hydrogen) atoms. The van der Waals surface area contributed by atoms with Gasteiger partial charge in [-0.25, -0.2) is 4.39 Å². The fourth-order valence-corrected chi connectivity index (χ4v) is 2.03. The van der Waals surface area contributed by atoms with Gasteiger partial charge in [-0.1, -0.05) is 11.6 Å². The van der Waals surface area contributed by atoms with Gasteiger partial charge in [0.15, 0.2) is 0 Å². The smallest absolute Gasteiger partial charge is 0.130 e. The molecule has 1 aromatic carbocycles. The highest BCUT2D eigenvalue weighted by molar-refractivity contribution is 6.31. The first kappa shape index (κ1) is 11.8. The summed E-state index contributed by atoms with van der Waals surface area (Å²) in [6, 6.07) is 3.13. The van der Waals surface area contributed by atoms with Crippen LogP contribution in [0.4, 0.5) is 4.39 Å².